The van der Waals surface area contributed by atoms with Gasteiger partial charge in [-0.05, 0) is 20.3 Å². The predicted octanol–water partition coefficient (Wildman–Crippen LogP) is 4.62. The largest absolute Gasteiger partial charge is 0.379 e. The molecular weight excluding hydrogens is 409 g/mol. The standard InChI is InChI=1S/C20H21ClFN7O/c1-4-5-15(30)27-13-9-29-8-12(23-7-14(29)26-13)16-11-6-24-28-19(11)20(25-10(2)3)18(22)17(16)21/h6-10,25H,4-5H2,1-3H3,(H,24,28)(H,27,30). The van der Waals surface area contributed by atoms with Gasteiger partial charge in [-0.15, -0.1) is 0 Å². The number of carbonyl (C=O) groups is 1. The first kappa shape index (κ1) is 20.1. The molecule has 1 aromatic carbocycles. The van der Waals surface area contributed by atoms with Crippen LogP contribution >= 0.6 is 11.6 Å². The van der Waals surface area contributed by atoms with E-state index >= 15 is 4.39 Å². The number of amides is 1. The fourth-order valence-corrected chi connectivity index (χ4v) is 3.60. The molecule has 0 saturated heterocycles. The van der Waals surface area contributed by atoms with Crippen LogP contribution in [0.2, 0.25) is 5.02 Å². The van der Waals surface area contributed by atoms with E-state index in [0.717, 1.165) is 6.42 Å². The highest BCUT2D eigenvalue weighted by atomic mass is 35.5. The molecule has 156 valence electrons. The van der Waals surface area contributed by atoms with Crippen LogP contribution < -0.4 is 10.6 Å². The van der Waals surface area contributed by atoms with Crippen molar-refractivity contribution in [3.8, 4) is 11.3 Å². The maximum atomic E-state index is 15.1. The van der Waals surface area contributed by atoms with Crippen LogP contribution in [0.1, 0.15) is 33.6 Å². The van der Waals surface area contributed by atoms with E-state index in [0.29, 0.717) is 40.0 Å². The number of nitrogens with one attached hydrogen (secondary N) is 3. The number of hydrogen-bond donors (Lipinski definition) is 3. The SMILES string of the molecule is CCCC(=O)Nc1cn2cc(-c3c(Cl)c(F)c(NC(C)C)c4[nH]ncc34)ncc2n1. The lowest BCUT2D eigenvalue weighted by atomic mass is 10.1. The molecule has 10 heteroatoms. The van der Waals surface area contributed by atoms with Gasteiger partial charge in [0.05, 0.1) is 40.5 Å². The zero-order valence-electron chi connectivity index (χ0n) is 16.8. The van der Waals surface area contributed by atoms with Gasteiger partial charge in [0.25, 0.3) is 0 Å². The number of nitrogens with zero attached hydrogens (tertiary/aromatic N) is 4. The Morgan fingerprint density at radius 1 is 1.33 bits per heavy atom. The van der Waals surface area contributed by atoms with E-state index in [9.17, 15) is 4.79 Å². The summed E-state index contributed by atoms with van der Waals surface area (Å²) in [5.74, 6) is -0.251. The second-order valence-electron chi connectivity index (χ2n) is 7.30. The van der Waals surface area contributed by atoms with Crippen molar-refractivity contribution in [3.63, 3.8) is 0 Å². The van der Waals surface area contributed by atoms with Crippen molar-refractivity contribution in [2.75, 3.05) is 10.6 Å². The summed E-state index contributed by atoms with van der Waals surface area (Å²) in [6.07, 6.45) is 7.68. The summed E-state index contributed by atoms with van der Waals surface area (Å²) in [4.78, 5) is 20.6. The third kappa shape index (κ3) is 3.56. The summed E-state index contributed by atoms with van der Waals surface area (Å²) < 4.78 is 16.8. The van der Waals surface area contributed by atoms with Gasteiger partial charge in [0.15, 0.2) is 17.3 Å². The Balaban J connectivity index is 1.81. The molecule has 0 spiro atoms. The number of fused-ring (bicyclic) bond motifs is 2. The van der Waals surface area contributed by atoms with Gasteiger partial charge < -0.3 is 15.0 Å². The Hall–Kier alpha value is -3.20. The van der Waals surface area contributed by atoms with Crippen molar-refractivity contribution in [3.05, 3.63) is 35.6 Å². The van der Waals surface area contributed by atoms with E-state index in [1.54, 1.807) is 29.2 Å². The second-order valence-corrected chi connectivity index (χ2v) is 7.68. The third-order valence-electron chi connectivity index (χ3n) is 4.57. The molecule has 8 nitrogen and oxygen atoms in total. The number of carbonyl (C=O) groups excluding carboxylic acids is 1. The normalized spacial score (nSPS) is 11.5. The Kier molecular flexibility index (Phi) is 5.29. The first-order chi connectivity index (χ1) is 14.4. The van der Waals surface area contributed by atoms with Gasteiger partial charge >= 0.3 is 0 Å². The van der Waals surface area contributed by atoms with Crippen LogP contribution in [-0.2, 0) is 4.79 Å². The van der Waals surface area contributed by atoms with Crippen molar-refractivity contribution < 1.29 is 9.18 Å². The molecule has 0 fully saturated rings. The molecule has 4 rings (SSSR count). The number of aromatic nitrogens is 5. The number of rotatable bonds is 6. The maximum Gasteiger partial charge on any atom is 0.225 e. The van der Waals surface area contributed by atoms with Gasteiger partial charge in [-0.3, -0.25) is 14.9 Å². The molecule has 3 N–H and O–H groups in total. The molecule has 0 aliphatic carbocycles. The van der Waals surface area contributed by atoms with Gasteiger partial charge in [-0.2, -0.15) is 5.10 Å². The number of aromatic amines is 1. The van der Waals surface area contributed by atoms with Gasteiger partial charge in [-0.25, -0.2) is 9.37 Å². The van der Waals surface area contributed by atoms with Crippen LogP contribution in [-0.4, -0.2) is 36.5 Å². The predicted molar refractivity (Wildman–Crippen MR) is 115 cm³/mol. The smallest absolute Gasteiger partial charge is 0.225 e. The highest BCUT2D eigenvalue weighted by Gasteiger charge is 2.22. The Bertz CT molecular complexity index is 1250. The van der Waals surface area contributed by atoms with Crippen LogP contribution in [0, 0.1) is 5.82 Å². The molecular formula is C20H21ClFN7O. The van der Waals surface area contributed by atoms with Crippen molar-refractivity contribution in [2.45, 2.75) is 39.7 Å². The zero-order valence-corrected chi connectivity index (χ0v) is 17.5. The minimum Gasteiger partial charge on any atom is -0.379 e. The lowest BCUT2D eigenvalue weighted by Crippen LogP contribution is -2.12. The first-order valence-corrected chi connectivity index (χ1v) is 10.0. The highest BCUT2D eigenvalue weighted by Crippen LogP contribution is 2.40. The molecule has 30 heavy (non-hydrogen) atoms. The lowest BCUT2D eigenvalue weighted by molar-refractivity contribution is -0.116. The van der Waals surface area contributed by atoms with E-state index in [2.05, 4.69) is 30.8 Å². The molecule has 0 saturated carbocycles. The Labute approximate surface area is 176 Å². The van der Waals surface area contributed by atoms with Crippen molar-refractivity contribution in [1.29, 1.82) is 0 Å². The Morgan fingerprint density at radius 3 is 2.87 bits per heavy atom. The van der Waals surface area contributed by atoms with Crippen molar-refractivity contribution in [2.24, 2.45) is 0 Å². The van der Waals surface area contributed by atoms with E-state index in [1.807, 2.05) is 20.8 Å². The number of benzene rings is 1. The number of anilines is 2. The summed E-state index contributed by atoms with van der Waals surface area (Å²) in [6.45, 7) is 5.75. The van der Waals surface area contributed by atoms with E-state index in [4.69, 9.17) is 11.6 Å². The molecule has 3 aromatic heterocycles. The summed E-state index contributed by atoms with van der Waals surface area (Å²) in [7, 11) is 0. The molecule has 0 atom stereocenters. The van der Waals surface area contributed by atoms with E-state index < -0.39 is 5.82 Å². The molecule has 0 unspecified atom stereocenters. The van der Waals surface area contributed by atoms with Gasteiger partial charge in [-0.1, -0.05) is 18.5 Å². The summed E-state index contributed by atoms with van der Waals surface area (Å²) >= 11 is 6.43. The molecule has 4 aromatic rings. The average molecular weight is 430 g/mol. The van der Waals surface area contributed by atoms with Crippen LogP contribution in [0.4, 0.5) is 15.9 Å². The number of halogens is 2. The molecule has 0 radical (unpaired) electrons. The number of hydrogen-bond acceptors (Lipinski definition) is 5. The first-order valence-electron chi connectivity index (χ1n) is 9.64. The van der Waals surface area contributed by atoms with Gasteiger partial charge in [0.2, 0.25) is 5.91 Å². The summed E-state index contributed by atoms with van der Waals surface area (Å²) in [6, 6.07) is 0.00896. The monoisotopic (exact) mass is 429 g/mol. The molecule has 1 amide bonds. The van der Waals surface area contributed by atoms with Crippen LogP contribution in [0.5, 0.6) is 0 Å². The van der Waals surface area contributed by atoms with Gasteiger partial charge in [0, 0.05) is 29.6 Å². The molecule has 0 bridgehead atoms. The van der Waals surface area contributed by atoms with Crippen LogP contribution in [0.3, 0.4) is 0 Å². The maximum absolute atomic E-state index is 15.1. The number of imidazole rings is 1. The van der Waals surface area contributed by atoms with Crippen LogP contribution in [0.15, 0.2) is 24.8 Å². The second kappa shape index (κ2) is 7.91. The number of H-pyrrole nitrogens is 1. The minimum absolute atomic E-state index is 0.00896. The molecule has 3 heterocycles. The fourth-order valence-electron chi connectivity index (χ4n) is 3.31. The third-order valence-corrected chi connectivity index (χ3v) is 4.92. The minimum atomic E-state index is -0.572. The summed E-state index contributed by atoms with van der Waals surface area (Å²) in [5, 5.41) is 13.3. The van der Waals surface area contributed by atoms with E-state index in [-0.39, 0.29) is 22.7 Å². The Morgan fingerprint density at radius 2 is 2.13 bits per heavy atom. The summed E-state index contributed by atoms with van der Waals surface area (Å²) in [5.41, 5.74) is 2.22. The van der Waals surface area contributed by atoms with Gasteiger partial charge in [0.1, 0.15) is 0 Å². The average Bonchev–Trinajstić information content (AvgIpc) is 3.31. The topological polar surface area (TPSA) is 100 Å². The zero-order chi connectivity index (χ0) is 21.4. The van der Waals surface area contributed by atoms with Crippen LogP contribution in [0.25, 0.3) is 27.8 Å². The lowest BCUT2D eigenvalue weighted by Gasteiger charge is -2.15. The molecule has 0 aliphatic rings. The van der Waals surface area contributed by atoms with Crippen molar-refractivity contribution in [1.82, 2.24) is 24.6 Å². The van der Waals surface area contributed by atoms with E-state index in [1.165, 1.54) is 0 Å². The molecule has 0 aliphatic heterocycles. The quantitative estimate of drug-likeness (QED) is 0.415. The van der Waals surface area contributed by atoms with Crippen molar-refractivity contribution >= 4 is 45.6 Å². The fraction of sp³-hybridized carbons (Fsp3) is 0.300. The highest BCUT2D eigenvalue weighted by molar-refractivity contribution is 6.35.